The molecule has 3 heterocycles. The van der Waals surface area contributed by atoms with Gasteiger partial charge in [-0.25, -0.2) is 4.98 Å². The molecule has 4 rings (SSSR count). The largest absolute Gasteiger partial charge is 0.497 e. The molecular weight excluding hydrogens is 376 g/mol. The second kappa shape index (κ2) is 7.76. The molecule has 0 bridgehead atoms. The van der Waals surface area contributed by atoms with E-state index in [4.69, 9.17) is 19.6 Å². The third-order valence-corrected chi connectivity index (χ3v) is 6.00. The number of fused-ring (bicyclic) bond motifs is 3. The van der Waals surface area contributed by atoms with Gasteiger partial charge >= 0.3 is 0 Å². The van der Waals surface area contributed by atoms with Crippen molar-refractivity contribution < 1.29 is 9.47 Å². The Hall–Kier alpha value is -2.86. The van der Waals surface area contributed by atoms with Gasteiger partial charge in [0.05, 0.1) is 36.7 Å². The molecule has 0 aliphatic rings. The lowest BCUT2D eigenvalue weighted by Gasteiger charge is -2.18. The van der Waals surface area contributed by atoms with Gasteiger partial charge in [-0.2, -0.15) is 9.61 Å². The molecule has 0 aliphatic carbocycles. The van der Waals surface area contributed by atoms with Crippen LogP contribution in [0.4, 0.5) is 0 Å². The second-order valence-electron chi connectivity index (χ2n) is 8.01. The number of rotatable bonds is 6. The molecule has 1 unspecified atom stereocenters. The molecule has 0 aliphatic heterocycles. The predicted octanol–water partition coefficient (Wildman–Crippen LogP) is 5.19. The first-order valence-corrected chi connectivity index (χ1v) is 10.4. The Kier molecular flexibility index (Phi) is 5.28. The number of aryl methyl sites for hydroxylation is 4. The van der Waals surface area contributed by atoms with Crippen molar-refractivity contribution in [1.82, 2.24) is 19.2 Å². The minimum absolute atomic E-state index is 0.245. The van der Waals surface area contributed by atoms with Crippen LogP contribution in [0.25, 0.3) is 27.8 Å². The molecule has 30 heavy (non-hydrogen) atoms. The van der Waals surface area contributed by atoms with Gasteiger partial charge in [-0.15, -0.1) is 0 Å². The Morgan fingerprint density at radius 1 is 1.00 bits per heavy atom. The second-order valence-corrected chi connectivity index (χ2v) is 8.01. The summed E-state index contributed by atoms with van der Waals surface area (Å²) in [5.74, 6) is 0.869. The Morgan fingerprint density at radius 2 is 1.70 bits per heavy atom. The van der Waals surface area contributed by atoms with Crippen LogP contribution in [0.1, 0.15) is 41.9 Å². The van der Waals surface area contributed by atoms with Gasteiger partial charge in [0.1, 0.15) is 11.4 Å². The van der Waals surface area contributed by atoms with Gasteiger partial charge in [-0.1, -0.05) is 6.92 Å². The molecule has 6 nitrogen and oxygen atoms in total. The van der Waals surface area contributed by atoms with Crippen LogP contribution in [-0.2, 0) is 4.74 Å². The van der Waals surface area contributed by atoms with Crippen molar-refractivity contribution in [2.75, 3.05) is 20.8 Å². The van der Waals surface area contributed by atoms with Crippen molar-refractivity contribution >= 4 is 16.7 Å². The third-order valence-electron chi connectivity index (χ3n) is 6.00. The van der Waals surface area contributed by atoms with Crippen LogP contribution in [0.2, 0.25) is 0 Å². The van der Waals surface area contributed by atoms with Crippen molar-refractivity contribution in [3.63, 3.8) is 0 Å². The highest BCUT2D eigenvalue weighted by atomic mass is 16.5. The summed E-state index contributed by atoms with van der Waals surface area (Å²) < 4.78 is 15.2. The molecule has 4 aromatic rings. The van der Waals surface area contributed by atoms with E-state index in [1.54, 1.807) is 14.2 Å². The molecule has 0 fully saturated rings. The zero-order valence-electron chi connectivity index (χ0n) is 18.9. The summed E-state index contributed by atoms with van der Waals surface area (Å²) in [6.07, 6.45) is 3.11. The van der Waals surface area contributed by atoms with Crippen LogP contribution in [0, 0.1) is 27.7 Å². The molecule has 0 saturated carbocycles. The summed E-state index contributed by atoms with van der Waals surface area (Å²) in [5.41, 5.74) is 8.52. The van der Waals surface area contributed by atoms with E-state index in [0.29, 0.717) is 6.61 Å². The highest BCUT2D eigenvalue weighted by molar-refractivity contribution is 5.89. The Bertz CT molecular complexity index is 1210. The van der Waals surface area contributed by atoms with Crippen LogP contribution in [0.5, 0.6) is 5.75 Å². The molecule has 3 aromatic heterocycles. The molecule has 0 amide bonds. The summed E-state index contributed by atoms with van der Waals surface area (Å²) in [7, 11) is 3.45. The molecule has 6 heteroatoms. The zero-order chi connectivity index (χ0) is 21.6. The van der Waals surface area contributed by atoms with Crippen LogP contribution in [0.3, 0.4) is 0 Å². The van der Waals surface area contributed by atoms with Crippen LogP contribution < -0.4 is 4.74 Å². The summed E-state index contributed by atoms with van der Waals surface area (Å²) >= 11 is 0. The number of ether oxygens (including phenoxy) is 2. The monoisotopic (exact) mass is 406 g/mol. The molecular formula is C24H30N4O2. The van der Waals surface area contributed by atoms with Crippen LogP contribution in [-0.4, -0.2) is 40.0 Å². The molecule has 0 spiro atoms. The highest BCUT2D eigenvalue weighted by Gasteiger charge is 2.22. The SMILES string of the molecule is CCC(COC)n1ccc2c(C)nc3c(-c4c(C)cc(OC)cc4C)c(C)nn3c21. The summed E-state index contributed by atoms with van der Waals surface area (Å²) in [6, 6.07) is 6.53. The first-order chi connectivity index (χ1) is 14.4. The smallest absolute Gasteiger partial charge is 0.165 e. The number of nitrogens with zero attached hydrogens (tertiary/aromatic N) is 4. The average Bonchev–Trinajstić information content (AvgIpc) is 3.28. The fourth-order valence-electron chi connectivity index (χ4n) is 4.54. The summed E-state index contributed by atoms with van der Waals surface area (Å²) in [5, 5.41) is 6.07. The Morgan fingerprint density at radius 3 is 2.30 bits per heavy atom. The minimum Gasteiger partial charge on any atom is -0.497 e. The Labute approximate surface area is 177 Å². The maximum atomic E-state index is 5.48. The predicted molar refractivity (Wildman–Crippen MR) is 121 cm³/mol. The highest BCUT2D eigenvalue weighted by Crippen LogP contribution is 2.37. The lowest BCUT2D eigenvalue weighted by atomic mass is 9.95. The van der Waals surface area contributed by atoms with Gasteiger partial charge < -0.3 is 14.0 Å². The average molecular weight is 407 g/mol. The molecule has 158 valence electrons. The van der Waals surface area contributed by atoms with Gasteiger partial charge in [0.25, 0.3) is 0 Å². The van der Waals surface area contributed by atoms with E-state index in [0.717, 1.165) is 56.9 Å². The van der Waals surface area contributed by atoms with Crippen molar-refractivity contribution in [3.05, 3.63) is 46.9 Å². The first kappa shape index (κ1) is 20.4. The lowest BCUT2D eigenvalue weighted by Crippen LogP contribution is -2.14. The van der Waals surface area contributed by atoms with E-state index in [1.165, 1.54) is 5.56 Å². The van der Waals surface area contributed by atoms with Crippen LogP contribution in [0.15, 0.2) is 24.4 Å². The van der Waals surface area contributed by atoms with Gasteiger partial charge in [0.15, 0.2) is 5.65 Å². The van der Waals surface area contributed by atoms with E-state index < -0.39 is 0 Å². The van der Waals surface area contributed by atoms with Crippen LogP contribution >= 0.6 is 0 Å². The van der Waals surface area contributed by atoms with E-state index in [-0.39, 0.29) is 6.04 Å². The van der Waals surface area contributed by atoms with Crippen molar-refractivity contribution in [3.8, 4) is 16.9 Å². The van der Waals surface area contributed by atoms with Gasteiger partial charge in [-0.3, -0.25) is 0 Å². The fourth-order valence-corrected chi connectivity index (χ4v) is 4.54. The normalized spacial score (nSPS) is 12.8. The van der Waals surface area contributed by atoms with Crippen molar-refractivity contribution in [2.45, 2.75) is 47.1 Å². The third kappa shape index (κ3) is 3.06. The molecule has 1 aromatic carbocycles. The quantitative estimate of drug-likeness (QED) is 0.442. The van der Waals surface area contributed by atoms with Crippen molar-refractivity contribution in [1.29, 1.82) is 0 Å². The molecule has 0 radical (unpaired) electrons. The Balaban J connectivity index is 2.06. The lowest BCUT2D eigenvalue weighted by molar-refractivity contribution is 0.154. The minimum atomic E-state index is 0.245. The maximum Gasteiger partial charge on any atom is 0.165 e. The number of aromatic nitrogens is 4. The van der Waals surface area contributed by atoms with E-state index in [9.17, 15) is 0 Å². The van der Waals surface area contributed by atoms with Gasteiger partial charge in [0, 0.05) is 18.7 Å². The molecule has 0 saturated heterocycles. The first-order valence-electron chi connectivity index (χ1n) is 10.4. The van der Waals surface area contributed by atoms with Gasteiger partial charge in [0.2, 0.25) is 0 Å². The van der Waals surface area contributed by atoms with E-state index in [1.807, 2.05) is 4.52 Å². The zero-order valence-corrected chi connectivity index (χ0v) is 18.9. The number of methoxy groups -OCH3 is 2. The maximum absolute atomic E-state index is 5.48. The standard InChI is InChI=1S/C24H30N4O2/c1-8-18(13-29-6)27-10-9-20-16(4)25-23-22(17(5)26-28(23)24(20)27)21-14(2)11-19(30-7)12-15(21)3/h9-12,18H,8,13H2,1-7H3. The van der Waals surface area contributed by atoms with E-state index >= 15 is 0 Å². The summed E-state index contributed by atoms with van der Waals surface area (Å²) in [4.78, 5) is 4.99. The fraction of sp³-hybridized carbons (Fsp3) is 0.417. The topological polar surface area (TPSA) is 53.6 Å². The number of hydrogen-bond donors (Lipinski definition) is 0. The summed E-state index contributed by atoms with van der Waals surface area (Å²) in [6.45, 7) is 11.2. The number of hydrogen-bond acceptors (Lipinski definition) is 4. The van der Waals surface area contributed by atoms with Crippen molar-refractivity contribution in [2.24, 2.45) is 0 Å². The molecule has 0 N–H and O–H groups in total. The van der Waals surface area contributed by atoms with Gasteiger partial charge in [-0.05, 0) is 69.0 Å². The molecule has 1 atom stereocenters. The van der Waals surface area contributed by atoms with E-state index in [2.05, 4.69) is 63.6 Å². The number of benzene rings is 1.